The molecular weight excluding hydrogens is 214 g/mol. The number of phenolic OH excluding ortho intramolecular Hbond substituents is 1. The second kappa shape index (κ2) is 4.41. The SMILES string of the molecule is Oc1cccc2cc(CNC3CCCC3)oc12. The molecule has 1 aliphatic rings. The minimum absolute atomic E-state index is 0.217. The van der Waals surface area contributed by atoms with Crippen LogP contribution in [0.4, 0.5) is 0 Å². The molecule has 1 aromatic carbocycles. The first kappa shape index (κ1) is 10.7. The van der Waals surface area contributed by atoms with Gasteiger partial charge in [0, 0.05) is 11.4 Å². The van der Waals surface area contributed by atoms with E-state index in [0.717, 1.165) is 17.7 Å². The topological polar surface area (TPSA) is 45.4 Å². The first-order chi connectivity index (χ1) is 8.33. The molecule has 1 heterocycles. The Labute approximate surface area is 100 Å². The maximum Gasteiger partial charge on any atom is 0.175 e. The normalized spacial score (nSPS) is 16.9. The van der Waals surface area contributed by atoms with Crippen LogP contribution in [0.25, 0.3) is 11.0 Å². The molecule has 2 aromatic rings. The Morgan fingerprint density at radius 3 is 2.88 bits per heavy atom. The van der Waals surface area contributed by atoms with Gasteiger partial charge in [0.15, 0.2) is 11.3 Å². The van der Waals surface area contributed by atoms with Gasteiger partial charge in [-0.15, -0.1) is 0 Å². The van der Waals surface area contributed by atoms with Crippen molar-refractivity contribution in [2.24, 2.45) is 0 Å². The van der Waals surface area contributed by atoms with Crippen LogP contribution in [0.1, 0.15) is 31.4 Å². The summed E-state index contributed by atoms with van der Waals surface area (Å²) in [5, 5.41) is 14.1. The largest absolute Gasteiger partial charge is 0.504 e. The predicted octanol–water partition coefficient (Wildman–Crippen LogP) is 3.17. The molecule has 90 valence electrons. The lowest BCUT2D eigenvalue weighted by atomic mass is 10.2. The molecule has 0 aliphatic heterocycles. The molecule has 0 bridgehead atoms. The van der Waals surface area contributed by atoms with E-state index in [0.29, 0.717) is 11.6 Å². The van der Waals surface area contributed by atoms with Gasteiger partial charge >= 0.3 is 0 Å². The number of furan rings is 1. The molecule has 0 radical (unpaired) electrons. The summed E-state index contributed by atoms with van der Waals surface area (Å²) >= 11 is 0. The van der Waals surface area contributed by atoms with Gasteiger partial charge in [0.1, 0.15) is 5.76 Å². The molecule has 1 aliphatic carbocycles. The molecule has 3 nitrogen and oxygen atoms in total. The van der Waals surface area contributed by atoms with Gasteiger partial charge in [-0.1, -0.05) is 25.0 Å². The number of hydrogen-bond acceptors (Lipinski definition) is 3. The van der Waals surface area contributed by atoms with Crippen molar-refractivity contribution in [3.63, 3.8) is 0 Å². The van der Waals surface area contributed by atoms with Crippen molar-refractivity contribution in [1.82, 2.24) is 5.32 Å². The van der Waals surface area contributed by atoms with Gasteiger partial charge in [-0.25, -0.2) is 0 Å². The lowest BCUT2D eigenvalue weighted by Gasteiger charge is -2.09. The average Bonchev–Trinajstić information content (AvgIpc) is 2.95. The molecule has 3 rings (SSSR count). The van der Waals surface area contributed by atoms with Gasteiger partial charge < -0.3 is 14.8 Å². The van der Waals surface area contributed by atoms with Crippen molar-refractivity contribution in [3.8, 4) is 5.75 Å². The molecular formula is C14H17NO2. The van der Waals surface area contributed by atoms with E-state index in [1.54, 1.807) is 6.07 Å². The van der Waals surface area contributed by atoms with E-state index in [4.69, 9.17) is 4.42 Å². The van der Waals surface area contributed by atoms with Gasteiger partial charge in [0.25, 0.3) is 0 Å². The molecule has 2 N–H and O–H groups in total. The fourth-order valence-electron chi connectivity index (χ4n) is 2.56. The third-order valence-corrected chi connectivity index (χ3v) is 3.49. The summed E-state index contributed by atoms with van der Waals surface area (Å²) < 4.78 is 5.65. The second-order valence-corrected chi connectivity index (χ2v) is 4.77. The second-order valence-electron chi connectivity index (χ2n) is 4.77. The predicted molar refractivity (Wildman–Crippen MR) is 67.0 cm³/mol. The summed E-state index contributed by atoms with van der Waals surface area (Å²) in [5.41, 5.74) is 0.593. The number of phenols is 1. The van der Waals surface area contributed by atoms with Crippen LogP contribution in [0.3, 0.4) is 0 Å². The molecule has 1 saturated carbocycles. The number of nitrogens with one attached hydrogen (secondary N) is 1. The van der Waals surface area contributed by atoms with E-state index in [9.17, 15) is 5.11 Å². The molecule has 1 fully saturated rings. The van der Waals surface area contributed by atoms with Crippen LogP contribution in [0.2, 0.25) is 0 Å². The van der Waals surface area contributed by atoms with Crippen molar-refractivity contribution in [2.75, 3.05) is 0 Å². The highest BCUT2D eigenvalue weighted by Gasteiger charge is 2.15. The maximum absolute atomic E-state index is 9.65. The molecule has 0 unspecified atom stereocenters. The van der Waals surface area contributed by atoms with E-state index >= 15 is 0 Å². The number of fused-ring (bicyclic) bond motifs is 1. The molecule has 0 atom stereocenters. The molecule has 17 heavy (non-hydrogen) atoms. The van der Waals surface area contributed by atoms with Crippen molar-refractivity contribution in [3.05, 3.63) is 30.0 Å². The Hall–Kier alpha value is -1.48. The van der Waals surface area contributed by atoms with Crippen molar-refractivity contribution in [1.29, 1.82) is 0 Å². The number of benzene rings is 1. The summed E-state index contributed by atoms with van der Waals surface area (Å²) in [6, 6.07) is 8.08. The van der Waals surface area contributed by atoms with Gasteiger partial charge in [0.05, 0.1) is 6.54 Å². The molecule has 0 saturated heterocycles. The summed E-state index contributed by atoms with van der Waals surface area (Å²) in [4.78, 5) is 0. The number of para-hydroxylation sites is 1. The zero-order valence-electron chi connectivity index (χ0n) is 9.78. The fraction of sp³-hybridized carbons (Fsp3) is 0.429. The Morgan fingerprint density at radius 2 is 2.12 bits per heavy atom. The number of rotatable bonds is 3. The van der Waals surface area contributed by atoms with E-state index in [1.807, 2.05) is 18.2 Å². The van der Waals surface area contributed by atoms with Gasteiger partial charge in [-0.3, -0.25) is 0 Å². The van der Waals surface area contributed by atoms with Crippen molar-refractivity contribution >= 4 is 11.0 Å². The highest BCUT2D eigenvalue weighted by atomic mass is 16.4. The zero-order chi connectivity index (χ0) is 11.7. The minimum atomic E-state index is 0.217. The maximum atomic E-state index is 9.65. The van der Waals surface area contributed by atoms with Crippen LogP contribution in [0.15, 0.2) is 28.7 Å². The third kappa shape index (κ3) is 2.15. The quantitative estimate of drug-likeness (QED) is 0.852. The first-order valence-electron chi connectivity index (χ1n) is 6.27. The zero-order valence-corrected chi connectivity index (χ0v) is 9.78. The Morgan fingerprint density at radius 1 is 1.29 bits per heavy atom. The lowest BCUT2D eigenvalue weighted by molar-refractivity contribution is 0.439. The van der Waals surface area contributed by atoms with Gasteiger partial charge in [-0.05, 0) is 25.0 Å². The number of hydrogen-bond donors (Lipinski definition) is 2. The van der Waals surface area contributed by atoms with Crippen LogP contribution >= 0.6 is 0 Å². The Balaban J connectivity index is 1.74. The molecule has 0 amide bonds. The molecule has 0 spiro atoms. The summed E-state index contributed by atoms with van der Waals surface area (Å²) in [5.74, 6) is 1.11. The highest BCUT2D eigenvalue weighted by molar-refractivity contribution is 5.83. The third-order valence-electron chi connectivity index (χ3n) is 3.49. The van der Waals surface area contributed by atoms with Crippen LogP contribution in [-0.4, -0.2) is 11.1 Å². The summed E-state index contributed by atoms with van der Waals surface area (Å²) in [6.07, 6.45) is 5.20. The van der Waals surface area contributed by atoms with E-state index < -0.39 is 0 Å². The summed E-state index contributed by atoms with van der Waals surface area (Å²) in [7, 11) is 0. The van der Waals surface area contributed by atoms with Gasteiger partial charge in [-0.2, -0.15) is 0 Å². The minimum Gasteiger partial charge on any atom is -0.504 e. The smallest absolute Gasteiger partial charge is 0.175 e. The fourth-order valence-corrected chi connectivity index (χ4v) is 2.56. The Kier molecular flexibility index (Phi) is 2.77. The van der Waals surface area contributed by atoms with Crippen LogP contribution in [-0.2, 0) is 6.54 Å². The average molecular weight is 231 g/mol. The van der Waals surface area contributed by atoms with E-state index in [2.05, 4.69) is 5.32 Å². The van der Waals surface area contributed by atoms with Crippen molar-refractivity contribution in [2.45, 2.75) is 38.3 Å². The van der Waals surface area contributed by atoms with Crippen LogP contribution in [0, 0.1) is 0 Å². The number of aromatic hydroxyl groups is 1. The first-order valence-corrected chi connectivity index (χ1v) is 6.27. The van der Waals surface area contributed by atoms with Gasteiger partial charge in [0.2, 0.25) is 0 Å². The molecule has 3 heteroatoms. The monoisotopic (exact) mass is 231 g/mol. The van der Waals surface area contributed by atoms with Crippen LogP contribution in [0.5, 0.6) is 5.75 Å². The standard InChI is InChI=1S/C14H17NO2/c16-13-7-3-4-10-8-12(17-14(10)13)9-15-11-5-1-2-6-11/h3-4,7-8,11,15-16H,1-2,5-6,9H2. The van der Waals surface area contributed by atoms with E-state index in [1.165, 1.54) is 25.7 Å². The molecule has 1 aromatic heterocycles. The van der Waals surface area contributed by atoms with Crippen LogP contribution < -0.4 is 5.32 Å². The lowest BCUT2D eigenvalue weighted by Crippen LogP contribution is -2.24. The highest BCUT2D eigenvalue weighted by Crippen LogP contribution is 2.27. The van der Waals surface area contributed by atoms with Crippen molar-refractivity contribution < 1.29 is 9.52 Å². The summed E-state index contributed by atoms with van der Waals surface area (Å²) in [6.45, 7) is 0.749. The van der Waals surface area contributed by atoms with E-state index in [-0.39, 0.29) is 5.75 Å². The Bertz CT molecular complexity index is 512.